The van der Waals surface area contributed by atoms with Gasteiger partial charge in [0.1, 0.15) is 0 Å². The lowest BCUT2D eigenvalue weighted by atomic mass is 10.1. The van der Waals surface area contributed by atoms with E-state index in [1.807, 2.05) is 19.9 Å². The van der Waals surface area contributed by atoms with E-state index in [0.29, 0.717) is 11.4 Å². The van der Waals surface area contributed by atoms with E-state index in [1.165, 1.54) is 48.5 Å². The van der Waals surface area contributed by atoms with E-state index in [1.54, 1.807) is 12.1 Å². The molecule has 154 valence electrons. The van der Waals surface area contributed by atoms with E-state index in [9.17, 15) is 23.3 Å². The zero-order valence-electron chi connectivity index (χ0n) is 16.2. The highest BCUT2D eigenvalue weighted by molar-refractivity contribution is 7.92. The van der Waals surface area contributed by atoms with Gasteiger partial charge in [-0.1, -0.05) is 6.07 Å². The third-order valence-electron chi connectivity index (χ3n) is 4.52. The first-order chi connectivity index (χ1) is 14.2. The standard InChI is InChI=1S/C21H19N3O5S/c1-14-3-6-18(13-15(14)2)23-30(28,29)20-11-7-17(8-12-20)22-21(25)16-4-9-19(10-5-16)24(26)27/h3-13,23H,1-2H3,(H,22,25). The molecule has 1 amide bonds. The van der Waals surface area contributed by atoms with Gasteiger partial charge in [-0.15, -0.1) is 0 Å². The monoisotopic (exact) mass is 425 g/mol. The zero-order valence-corrected chi connectivity index (χ0v) is 17.1. The Labute approximate surface area is 173 Å². The Morgan fingerprint density at radius 2 is 1.47 bits per heavy atom. The molecule has 8 nitrogen and oxygen atoms in total. The molecule has 0 aromatic heterocycles. The number of amides is 1. The van der Waals surface area contributed by atoms with Crippen LogP contribution in [0.1, 0.15) is 21.5 Å². The van der Waals surface area contributed by atoms with E-state index in [-0.39, 0.29) is 16.1 Å². The minimum absolute atomic E-state index is 0.0501. The highest BCUT2D eigenvalue weighted by Gasteiger charge is 2.15. The number of non-ortho nitro benzene ring substituents is 1. The first-order valence-electron chi connectivity index (χ1n) is 8.92. The van der Waals surface area contributed by atoms with Crippen molar-refractivity contribution in [3.05, 3.63) is 93.5 Å². The van der Waals surface area contributed by atoms with Crippen molar-refractivity contribution in [2.75, 3.05) is 10.0 Å². The van der Waals surface area contributed by atoms with Crippen molar-refractivity contribution in [1.29, 1.82) is 0 Å². The first kappa shape index (κ1) is 21.0. The molecule has 0 aliphatic heterocycles. The molecule has 0 fully saturated rings. The Morgan fingerprint density at radius 1 is 0.867 bits per heavy atom. The van der Waals surface area contributed by atoms with Gasteiger partial charge in [0.15, 0.2) is 0 Å². The van der Waals surface area contributed by atoms with E-state index in [2.05, 4.69) is 10.0 Å². The van der Waals surface area contributed by atoms with E-state index >= 15 is 0 Å². The fourth-order valence-corrected chi connectivity index (χ4v) is 3.72. The summed E-state index contributed by atoms with van der Waals surface area (Å²) in [7, 11) is -3.78. The molecule has 0 heterocycles. The Kier molecular flexibility index (Phi) is 5.84. The maximum Gasteiger partial charge on any atom is 0.269 e. The number of anilines is 2. The van der Waals surface area contributed by atoms with Gasteiger partial charge in [-0.2, -0.15) is 0 Å². The topological polar surface area (TPSA) is 118 Å². The molecule has 0 aliphatic carbocycles. The van der Waals surface area contributed by atoms with Crippen LogP contribution in [0.3, 0.4) is 0 Å². The van der Waals surface area contributed by atoms with Gasteiger partial charge < -0.3 is 5.32 Å². The summed E-state index contributed by atoms with van der Waals surface area (Å²) in [6.07, 6.45) is 0. The Balaban J connectivity index is 1.71. The summed E-state index contributed by atoms with van der Waals surface area (Å²) in [4.78, 5) is 22.5. The fraction of sp³-hybridized carbons (Fsp3) is 0.0952. The molecule has 0 atom stereocenters. The zero-order chi connectivity index (χ0) is 21.9. The number of rotatable bonds is 6. The van der Waals surface area contributed by atoms with E-state index in [4.69, 9.17) is 0 Å². The second-order valence-electron chi connectivity index (χ2n) is 6.69. The van der Waals surface area contributed by atoms with E-state index in [0.717, 1.165) is 11.1 Å². The summed E-state index contributed by atoms with van der Waals surface area (Å²) < 4.78 is 27.7. The van der Waals surface area contributed by atoms with Crippen LogP contribution in [0.4, 0.5) is 17.1 Å². The van der Waals surface area contributed by atoms with Crippen LogP contribution in [0.15, 0.2) is 71.6 Å². The summed E-state index contributed by atoms with van der Waals surface area (Å²) >= 11 is 0. The SMILES string of the molecule is Cc1ccc(NS(=O)(=O)c2ccc(NC(=O)c3ccc([N+](=O)[O-])cc3)cc2)cc1C. The molecule has 0 saturated heterocycles. The number of nitro benzene ring substituents is 1. The number of hydrogen-bond acceptors (Lipinski definition) is 5. The van der Waals surface area contributed by atoms with Crippen LogP contribution < -0.4 is 10.0 Å². The third kappa shape index (κ3) is 4.81. The molecule has 0 saturated carbocycles. The fourth-order valence-electron chi connectivity index (χ4n) is 2.67. The first-order valence-corrected chi connectivity index (χ1v) is 10.4. The van der Waals surface area contributed by atoms with Gasteiger partial charge in [-0.3, -0.25) is 19.6 Å². The van der Waals surface area contributed by atoms with Crippen molar-refractivity contribution >= 4 is 33.0 Å². The normalized spacial score (nSPS) is 11.0. The Bertz CT molecular complexity index is 1200. The smallest absolute Gasteiger partial charge is 0.269 e. The van der Waals surface area contributed by atoms with Crippen molar-refractivity contribution < 1.29 is 18.1 Å². The Hall–Kier alpha value is -3.72. The lowest BCUT2D eigenvalue weighted by Gasteiger charge is -2.11. The molecular weight excluding hydrogens is 406 g/mol. The third-order valence-corrected chi connectivity index (χ3v) is 5.92. The Morgan fingerprint density at radius 3 is 2.03 bits per heavy atom. The predicted octanol–water partition coefficient (Wildman–Crippen LogP) is 4.26. The van der Waals surface area contributed by atoms with E-state index < -0.39 is 20.9 Å². The van der Waals surface area contributed by atoms with Crippen molar-refractivity contribution in [2.45, 2.75) is 18.7 Å². The summed E-state index contributed by atoms with van der Waals surface area (Å²) in [6.45, 7) is 3.84. The van der Waals surface area contributed by atoms with Crippen LogP contribution in [0, 0.1) is 24.0 Å². The number of nitrogens with one attached hydrogen (secondary N) is 2. The molecule has 0 spiro atoms. The number of sulfonamides is 1. The summed E-state index contributed by atoms with van der Waals surface area (Å²) in [5.41, 5.74) is 3.02. The van der Waals surface area contributed by atoms with Gasteiger partial charge in [-0.05, 0) is 73.5 Å². The van der Waals surface area contributed by atoms with Crippen molar-refractivity contribution in [1.82, 2.24) is 0 Å². The predicted molar refractivity (Wildman–Crippen MR) is 114 cm³/mol. The van der Waals surface area contributed by atoms with Crippen LogP contribution in [0.5, 0.6) is 0 Å². The van der Waals surface area contributed by atoms with Gasteiger partial charge in [0.25, 0.3) is 21.6 Å². The lowest BCUT2D eigenvalue weighted by molar-refractivity contribution is -0.384. The van der Waals surface area contributed by atoms with Gasteiger partial charge in [0.2, 0.25) is 0 Å². The molecular formula is C21H19N3O5S. The second kappa shape index (κ2) is 8.34. The van der Waals surface area contributed by atoms with Crippen molar-refractivity contribution in [2.24, 2.45) is 0 Å². The molecule has 3 rings (SSSR count). The second-order valence-corrected chi connectivity index (χ2v) is 8.37. The van der Waals surface area contributed by atoms with Crippen LogP contribution in [0.25, 0.3) is 0 Å². The molecule has 0 radical (unpaired) electrons. The van der Waals surface area contributed by atoms with Crippen LogP contribution in [0.2, 0.25) is 0 Å². The average Bonchev–Trinajstić information content (AvgIpc) is 2.71. The summed E-state index contributed by atoms with van der Waals surface area (Å²) in [5, 5.41) is 13.3. The molecule has 0 unspecified atom stereocenters. The quantitative estimate of drug-likeness (QED) is 0.452. The highest BCUT2D eigenvalue weighted by atomic mass is 32.2. The van der Waals surface area contributed by atoms with Crippen LogP contribution in [-0.4, -0.2) is 19.2 Å². The van der Waals surface area contributed by atoms with Crippen molar-refractivity contribution in [3.63, 3.8) is 0 Å². The molecule has 0 aliphatic rings. The number of carbonyl (C=O) groups excluding carboxylic acids is 1. The molecule has 3 aromatic rings. The molecule has 0 bridgehead atoms. The number of benzene rings is 3. The highest BCUT2D eigenvalue weighted by Crippen LogP contribution is 2.21. The minimum Gasteiger partial charge on any atom is -0.322 e. The number of carbonyl (C=O) groups is 1. The minimum atomic E-state index is -3.78. The molecule has 3 aromatic carbocycles. The molecule has 9 heteroatoms. The van der Waals surface area contributed by atoms with Gasteiger partial charge in [0.05, 0.1) is 9.82 Å². The van der Waals surface area contributed by atoms with Crippen LogP contribution in [-0.2, 0) is 10.0 Å². The summed E-state index contributed by atoms with van der Waals surface area (Å²) in [5.74, 6) is -0.464. The number of nitrogens with zero attached hydrogens (tertiary/aromatic N) is 1. The molecule has 2 N–H and O–H groups in total. The van der Waals surface area contributed by atoms with Crippen molar-refractivity contribution in [3.8, 4) is 0 Å². The number of aryl methyl sites for hydroxylation is 2. The summed E-state index contributed by atoms with van der Waals surface area (Å²) in [6, 6.07) is 16.2. The maximum absolute atomic E-state index is 12.6. The van der Waals surface area contributed by atoms with Crippen LogP contribution >= 0.6 is 0 Å². The average molecular weight is 425 g/mol. The lowest BCUT2D eigenvalue weighted by Crippen LogP contribution is -2.14. The van der Waals surface area contributed by atoms with Gasteiger partial charge >= 0.3 is 0 Å². The maximum atomic E-state index is 12.6. The van der Waals surface area contributed by atoms with Gasteiger partial charge in [-0.25, -0.2) is 8.42 Å². The van der Waals surface area contributed by atoms with Gasteiger partial charge in [0, 0.05) is 29.1 Å². The molecule has 30 heavy (non-hydrogen) atoms. The largest absolute Gasteiger partial charge is 0.322 e. The number of hydrogen-bond donors (Lipinski definition) is 2. The number of nitro groups is 1.